The van der Waals surface area contributed by atoms with Crippen LogP contribution in [0.25, 0.3) is 0 Å². The van der Waals surface area contributed by atoms with Crippen molar-refractivity contribution in [2.45, 2.75) is 37.9 Å². The predicted molar refractivity (Wildman–Crippen MR) is 74.1 cm³/mol. The fraction of sp³-hybridized carbons (Fsp3) is 0.467. The predicted octanol–water partition coefficient (Wildman–Crippen LogP) is 1.49. The monoisotopic (exact) mass is 274 g/mol. The SMILES string of the molecule is COC(=O)C1C[C@@]2(C)c3ccccc3N[C@H]2N1C(C)=O. The zero-order chi connectivity index (χ0) is 14.5. The highest BCUT2D eigenvalue weighted by Gasteiger charge is 2.57. The van der Waals surface area contributed by atoms with Crippen LogP contribution < -0.4 is 5.32 Å². The molecule has 106 valence electrons. The zero-order valence-electron chi connectivity index (χ0n) is 11.8. The van der Waals surface area contributed by atoms with Gasteiger partial charge in [0.05, 0.1) is 7.11 Å². The van der Waals surface area contributed by atoms with E-state index < -0.39 is 6.04 Å². The molecule has 1 fully saturated rings. The van der Waals surface area contributed by atoms with Gasteiger partial charge in [-0.3, -0.25) is 4.79 Å². The van der Waals surface area contributed by atoms with Gasteiger partial charge in [0.25, 0.3) is 0 Å². The highest BCUT2D eigenvalue weighted by atomic mass is 16.5. The molecule has 20 heavy (non-hydrogen) atoms. The summed E-state index contributed by atoms with van der Waals surface area (Å²) in [5.74, 6) is -0.468. The number of likely N-dealkylation sites (tertiary alicyclic amines) is 1. The van der Waals surface area contributed by atoms with Crippen LogP contribution in [0.15, 0.2) is 24.3 Å². The molecule has 5 nitrogen and oxygen atoms in total. The Balaban J connectivity index is 2.06. The molecule has 0 bridgehead atoms. The molecule has 1 saturated heterocycles. The number of carbonyl (C=O) groups is 2. The van der Waals surface area contributed by atoms with E-state index in [4.69, 9.17) is 4.74 Å². The maximum Gasteiger partial charge on any atom is 0.328 e. The van der Waals surface area contributed by atoms with E-state index in [2.05, 4.69) is 18.3 Å². The van der Waals surface area contributed by atoms with Crippen LogP contribution in [-0.4, -0.2) is 36.1 Å². The number of nitrogens with zero attached hydrogens (tertiary/aromatic N) is 1. The molecular weight excluding hydrogens is 256 g/mol. The van der Waals surface area contributed by atoms with Crippen LogP contribution in [0.4, 0.5) is 5.69 Å². The van der Waals surface area contributed by atoms with Crippen molar-refractivity contribution in [1.82, 2.24) is 4.90 Å². The first-order chi connectivity index (χ1) is 9.49. The first-order valence-corrected chi connectivity index (χ1v) is 6.72. The number of benzene rings is 1. The van der Waals surface area contributed by atoms with Gasteiger partial charge in [0, 0.05) is 18.0 Å². The molecule has 5 heteroatoms. The molecule has 1 amide bonds. The van der Waals surface area contributed by atoms with Crippen molar-refractivity contribution < 1.29 is 14.3 Å². The number of anilines is 1. The molecule has 1 aromatic carbocycles. The summed E-state index contributed by atoms with van der Waals surface area (Å²) in [4.78, 5) is 25.6. The summed E-state index contributed by atoms with van der Waals surface area (Å²) < 4.78 is 4.85. The molecule has 1 N–H and O–H groups in total. The molecule has 2 aliphatic heterocycles. The number of nitrogens with one attached hydrogen (secondary N) is 1. The normalized spacial score (nSPS) is 30.4. The second-order valence-electron chi connectivity index (χ2n) is 5.68. The molecule has 0 aromatic heterocycles. The molecular formula is C15H18N2O3. The molecule has 1 unspecified atom stereocenters. The third-order valence-electron chi connectivity index (χ3n) is 4.51. The molecule has 3 atom stereocenters. The molecule has 3 rings (SSSR count). The number of rotatable bonds is 1. The Morgan fingerprint density at radius 2 is 2.10 bits per heavy atom. The maximum atomic E-state index is 12.0. The van der Waals surface area contributed by atoms with E-state index in [1.807, 2.05) is 18.2 Å². The Morgan fingerprint density at radius 1 is 1.40 bits per heavy atom. The van der Waals surface area contributed by atoms with Gasteiger partial charge in [0.2, 0.25) is 5.91 Å². The number of carbonyl (C=O) groups excluding carboxylic acids is 2. The Bertz CT molecular complexity index is 586. The third kappa shape index (κ3) is 1.55. The van der Waals surface area contributed by atoms with E-state index in [0.29, 0.717) is 6.42 Å². The van der Waals surface area contributed by atoms with Crippen molar-refractivity contribution in [2.24, 2.45) is 0 Å². The van der Waals surface area contributed by atoms with Crippen LogP contribution in [0.1, 0.15) is 25.8 Å². The molecule has 0 radical (unpaired) electrons. The van der Waals surface area contributed by atoms with Gasteiger partial charge in [-0.25, -0.2) is 4.79 Å². The first kappa shape index (κ1) is 13.0. The molecule has 0 saturated carbocycles. The average Bonchev–Trinajstić information content (AvgIpc) is 2.87. The van der Waals surface area contributed by atoms with E-state index >= 15 is 0 Å². The van der Waals surface area contributed by atoms with Crippen LogP contribution in [0.5, 0.6) is 0 Å². The highest BCUT2D eigenvalue weighted by Crippen LogP contribution is 2.50. The molecule has 2 heterocycles. The number of esters is 1. The summed E-state index contributed by atoms with van der Waals surface area (Å²) in [6.45, 7) is 3.59. The van der Waals surface area contributed by atoms with E-state index in [1.165, 1.54) is 14.0 Å². The van der Waals surface area contributed by atoms with Crippen molar-refractivity contribution in [3.05, 3.63) is 29.8 Å². The Hall–Kier alpha value is -2.04. The number of para-hydroxylation sites is 1. The lowest BCUT2D eigenvalue weighted by Gasteiger charge is -2.30. The lowest BCUT2D eigenvalue weighted by Crippen LogP contribution is -2.48. The van der Waals surface area contributed by atoms with Gasteiger partial charge >= 0.3 is 5.97 Å². The highest BCUT2D eigenvalue weighted by molar-refractivity contribution is 5.86. The van der Waals surface area contributed by atoms with E-state index in [9.17, 15) is 9.59 Å². The lowest BCUT2D eigenvalue weighted by atomic mass is 9.80. The van der Waals surface area contributed by atoms with Crippen molar-refractivity contribution in [3.8, 4) is 0 Å². The van der Waals surface area contributed by atoms with Crippen molar-refractivity contribution >= 4 is 17.6 Å². The van der Waals surface area contributed by atoms with Gasteiger partial charge < -0.3 is 15.0 Å². The number of ether oxygens (including phenoxy) is 1. The second kappa shape index (κ2) is 4.23. The minimum absolute atomic E-state index is 0.116. The van der Waals surface area contributed by atoms with Gasteiger partial charge in [-0.15, -0.1) is 0 Å². The summed E-state index contributed by atoms with van der Waals surface area (Å²) in [6.07, 6.45) is 0.384. The van der Waals surface area contributed by atoms with E-state index in [-0.39, 0.29) is 23.5 Å². The number of fused-ring (bicyclic) bond motifs is 3. The van der Waals surface area contributed by atoms with E-state index in [0.717, 1.165) is 11.3 Å². The third-order valence-corrected chi connectivity index (χ3v) is 4.51. The lowest BCUT2D eigenvalue weighted by molar-refractivity contribution is -0.151. The van der Waals surface area contributed by atoms with Crippen molar-refractivity contribution in [3.63, 3.8) is 0 Å². The Labute approximate surface area is 117 Å². The molecule has 1 aromatic rings. The molecule has 2 aliphatic rings. The topological polar surface area (TPSA) is 58.6 Å². The molecule has 0 spiro atoms. The average molecular weight is 274 g/mol. The summed E-state index contributed by atoms with van der Waals surface area (Å²) in [5.41, 5.74) is 1.93. The zero-order valence-corrected chi connectivity index (χ0v) is 11.8. The number of methoxy groups -OCH3 is 1. The van der Waals surface area contributed by atoms with Gasteiger partial charge in [-0.1, -0.05) is 25.1 Å². The summed E-state index contributed by atoms with van der Waals surface area (Å²) in [7, 11) is 1.36. The second-order valence-corrected chi connectivity index (χ2v) is 5.68. The van der Waals surface area contributed by atoms with Crippen molar-refractivity contribution in [1.29, 1.82) is 0 Å². The largest absolute Gasteiger partial charge is 0.467 e. The number of amides is 1. The quantitative estimate of drug-likeness (QED) is 0.788. The molecule has 0 aliphatic carbocycles. The van der Waals surface area contributed by atoms with Crippen LogP contribution in [-0.2, 0) is 19.7 Å². The smallest absolute Gasteiger partial charge is 0.328 e. The van der Waals surface area contributed by atoms with Gasteiger partial charge in [-0.05, 0) is 18.1 Å². The summed E-state index contributed by atoms with van der Waals surface area (Å²) >= 11 is 0. The number of hydrogen-bond donors (Lipinski definition) is 1. The minimum Gasteiger partial charge on any atom is -0.467 e. The Morgan fingerprint density at radius 3 is 2.75 bits per heavy atom. The van der Waals surface area contributed by atoms with E-state index in [1.54, 1.807) is 4.90 Å². The van der Waals surface area contributed by atoms with Gasteiger partial charge in [0.15, 0.2) is 0 Å². The fourth-order valence-electron chi connectivity index (χ4n) is 3.57. The standard InChI is InChI=1S/C15H18N2O3/c1-9(18)17-12(13(19)20-3)8-15(2)10-6-4-5-7-11(10)16-14(15)17/h4-7,12,14,16H,8H2,1-3H3/t12?,14-,15-/m0/s1. The van der Waals surface area contributed by atoms with Gasteiger partial charge in [-0.2, -0.15) is 0 Å². The van der Waals surface area contributed by atoms with Crippen molar-refractivity contribution in [2.75, 3.05) is 12.4 Å². The minimum atomic E-state index is -0.520. The van der Waals surface area contributed by atoms with Crippen LogP contribution in [0.3, 0.4) is 0 Å². The number of hydrogen-bond acceptors (Lipinski definition) is 4. The summed E-state index contributed by atoms with van der Waals surface area (Å²) in [6, 6.07) is 7.49. The Kier molecular flexibility index (Phi) is 2.74. The van der Waals surface area contributed by atoms with Gasteiger partial charge in [0.1, 0.15) is 12.2 Å². The first-order valence-electron chi connectivity index (χ1n) is 6.72. The fourth-order valence-corrected chi connectivity index (χ4v) is 3.57. The van der Waals surface area contributed by atoms with Crippen LogP contribution >= 0.6 is 0 Å². The van der Waals surface area contributed by atoms with Crippen LogP contribution in [0, 0.1) is 0 Å². The maximum absolute atomic E-state index is 12.0. The van der Waals surface area contributed by atoms with Crippen LogP contribution in [0.2, 0.25) is 0 Å². The summed E-state index contributed by atoms with van der Waals surface area (Å²) in [5, 5.41) is 3.37.